The van der Waals surface area contributed by atoms with Crippen LogP contribution in [-0.2, 0) is 0 Å². The van der Waals surface area contributed by atoms with Gasteiger partial charge in [-0.2, -0.15) is 0 Å². The summed E-state index contributed by atoms with van der Waals surface area (Å²) in [4.78, 5) is 0. The van der Waals surface area contributed by atoms with Crippen LogP contribution in [0.3, 0.4) is 0 Å². The molecule has 0 unspecified atom stereocenters. The van der Waals surface area contributed by atoms with Gasteiger partial charge >= 0.3 is 0 Å². The van der Waals surface area contributed by atoms with Crippen LogP contribution < -0.4 is 26.6 Å². The first-order chi connectivity index (χ1) is 7.00. The van der Waals surface area contributed by atoms with Crippen LogP contribution in [0.4, 0.5) is 0 Å². The van der Waals surface area contributed by atoms with Gasteiger partial charge in [-0.25, -0.2) is 0 Å². The molecule has 0 amide bonds. The Balaban J connectivity index is 2.00. The molecule has 1 aliphatic rings. The summed E-state index contributed by atoms with van der Waals surface area (Å²) in [7, 11) is 0. The van der Waals surface area contributed by atoms with E-state index in [4.69, 9.17) is 0 Å². The monoisotopic (exact) mass is 201 g/mol. The van der Waals surface area contributed by atoms with Gasteiger partial charge in [0.15, 0.2) is 0 Å². The summed E-state index contributed by atoms with van der Waals surface area (Å²) in [6, 6.07) is 0. The van der Waals surface area contributed by atoms with Gasteiger partial charge in [0.05, 0.1) is 0 Å². The van der Waals surface area contributed by atoms with E-state index in [1.54, 1.807) is 0 Å². The van der Waals surface area contributed by atoms with Crippen molar-refractivity contribution in [1.82, 2.24) is 26.6 Å². The molecule has 1 rings (SSSR count). The van der Waals surface area contributed by atoms with Crippen molar-refractivity contribution in [2.75, 3.05) is 52.6 Å². The van der Waals surface area contributed by atoms with E-state index in [0.717, 1.165) is 52.6 Å². The van der Waals surface area contributed by atoms with Gasteiger partial charge in [-0.3, -0.25) is 5.32 Å². The first-order valence-corrected chi connectivity index (χ1v) is 5.54. The van der Waals surface area contributed by atoms with E-state index < -0.39 is 0 Å². The number of hydrogen-bond acceptors (Lipinski definition) is 5. The third kappa shape index (κ3) is 7.23. The lowest BCUT2D eigenvalue weighted by Crippen LogP contribution is -2.41. The molecule has 1 aliphatic heterocycles. The Morgan fingerprint density at radius 1 is 0.429 bits per heavy atom. The zero-order chi connectivity index (χ0) is 9.90. The van der Waals surface area contributed by atoms with Gasteiger partial charge in [0.25, 0.3) is 0 Å². The molecule has 1 saturated heterocycles. The molecule has 0 saturated carbocycles. The summed E-state index contributed by atoms with van der Waals surface area (Å²) >= 11 is 0. The molecule has 1 fully saturated rings. The lowest BCUT2D eigenvalue weighted by atomic mass is 10.4. The standard InChI is InChI=1S/C9H23N5/c1-2-10-4-6-12-8-14-9-13-7-5-11-3-1/h10-14H,1-9H2. The largest absolute Gasteiger partial charge is 0.315 e. The molecular formula is C9H23N5. The molecule has 84 valence electrons. The average molecular weight is 201 g/mol. The SMILES string of the molecule is C1CNCCNCNCNCCNC1. The van der Waals surface area contributed by atoms with Gasteiger partial charge in [-0.1, -0.05) is 0 Å². The maximum absolute atomic E-state index is 3.39. The Hall–Kier alpha value is -0.200. The van der Waals surface area contributed by atoms with Crippen LogP contribution in [-0.4, -0.2) is 52.6 Å². The van der Waals surface area contributed by atoms with E-state index in [1.165, 1.54) is 6.42 Å². The van der Waals surface area contributed by atoms with Gasteiger partial charge in [0.2, 0.25) is 0 Å². The molecule has 0 bridgehead atoms. The summed E-state index contributed by atoms with van der Waals surface area (Å²) in [5, 5.41) is 16.7. The van der Waals surface area contributed by atoms with Crippen molar-refractivity contribution in [2.24, 2.45) is 0 Å². The van der Waals surface area contributed by atoms with Crippen molar-refractivity contribution < 1.29 is 0 Å². The third-order valence-corrected chi connectivity index (χ3v) is 2.16. The molecule has 0 aromatic heterocycles. The maximum atomic E-state index is 3.39. The number of rotatable bonds is 0. The highest BCUT2D eigenvalue weighted by atomic mass is 15.1. The fraction of sp³-hybridized carbons (Fsp3) is 1.00. The number of nitrogens with one attached hydrogen (secondary N) is 5. The highest BCUT2D eigenvalue weighted by Crippen LogP contribution is 1.73. The quantitative estimate of drug-likeness (QED) is 0.322. The first-order valence-electron chi connectivity index (χ1n) is 5.54. The van der Waals surface area contributed by atoms with Crippen molar-refractivity contribution in [3.8, 4) is 0 Å². The molecule has 0 aromatic carbocycles. The summed E-state index contributed by atoms with van der Waals surface area (Å²) in [5.41, 5.74) is 0. The number of hydrogen-bond donors (Lipinski definition) is 5. The lowest BCUT2D eigenvalue weighted by molar-refractivity contribution is 0.498. The summed E-state index contributed by atoms with van der Waals surface area (Å²) in [6.07, 6.45) is 1.21. The molecule has 0 radical (unpaired) electrons. The topological polar surface area (TPSA) is 60.1 Å². The Morgan fingerprint density at radius 2 is 0.929 bits per heavy atom. The second kappa shape index (κ2) is 9.36. The van der Waals surface area contributed by atoms with E-state index in [0.29, 0.717) is 0 Å². The molecule has 0 spiro atoms. The molecule has 5 nitrogen and oxygen atoms in total. The lowest BCUT2D eigenvalue weighted by Gasteiger charge is -2.11. The molecular weight excluding hydrogens is 178 g/mol. The van der Waals surface area contributed by atoms with Gasteiger partial charge in [0, 0.05) is 39.5 Å². The minimum Gasteiger partial charge on any atom is -0.315 e. The third-order valence-electron chi connectivity index (χ3n) is 2.16. The second-order valence-electron chi connectivity index (χ2n) is 3.46. The van der Waals surface area contributed by atoms with E-state index in [-0.39, 0.29) is 0 Å². The fourth-order valence-corrected chi connectivity index (χ4v) is 1.36. The summed E-state index contributed by atoms with van der Waals surface area (Å²) in [6.45, 7) is 8.13. The molecule has 0 atom stereocenters. The minimum absolute atomic E-state index is 0.877. The summed E-state index contributed by atoms with van der Waals surface area (Å²) in [5.74, 6) is 0. The Kier molecular flexibility index (Phi) is 7.94. The maximum Gasteiger partial charge on any atom is 0.0465 e. The van der Waals surface area contributed by atoms with Crippen LogP contribution >= 0.6 is 0 Å². The van der Waals surface area contributed by atoms with Gasteiger partial charge in [-0.15, -0.1) is 0 Å². The molecule has 1 heterocycles. The minimum atomic E-state index is 0.877. The van der Waals surface area contributed by atoms with E-state index in [9.17, 15) is 0 Å². The molecule has 5 heteroatoms. The smallest absolute Gasteiger partial charge is 0.0465 e. The first kappa shape index (κ1) is 11.9. The normalized spacial score (nSPS) is 24.0. The average Bonchev–Trinajstić information content (AvgIpc) is 2.22. The summed E-state index contributed by atoms with van der Waals surface area (Å²) < 4.78 is 0. The van der Waals surface area contributed by atoms with Crippen molar-refractivity contribution in [2.45, 2.75) is 6.42 Å². The van der Waals surface area contributed by atoms with Crippen molar-refractivity contribution in [3.63, 3.8) is 0 Å². The van der Waals surface area contributed by atoms with Gasteiger partial charge < -0.3 is 21.3 Å². The molecule has 0 aromatic rings. The van der Waals surface area contributed by atoms with E-state index in [2.05, 4.69) is 26.6 Å². The highest BCUT2D eigenvalue weighted by Gasteiger charge is 1.92. The zero-order valence-corrected chi connectivity index (χ0v) is 8.86. The predicted octanol–water partition coefficient (Wildman–Crippen LogP) is -1.75. The fourth-order valence-electron chi connectivity index (χ4n) is 1.36. The Bertz CT molecular complexity index is 66.5. The van der Waals surface area contributed by atoms with Crippen molar-refractivity contribution in [1.29, 1.82) is 0 Å². The van der Waals surface area contributed by atoms with Crippen LogP contribution in [0.2, 0.25) is 0 Å². The predicted molar refractivity (Wildman–Crippen MR) is 59.2 cm³/mol. The van der Waals surface area contributed by atoms with E-state index in [1.807, 2.05) is 0 Å². The van der Waals surface area contributed by atoms with Gasteiger partial charge in [-0.05, 0) is 19.5 Å². The second-order valence-corrected chi connectivity index (χ2v) is 3.46. The van der Waals surface area contributed by atoms with Crippen LogP contribution in [0.25, 0.3) is 0 Å². The Morgan fingerprint density at radius 3 is 1.50 bits per heavy atom. The molecule has 0 aliphatic carbocycles. The molecule has 5 N–H and O–H groups in total. The van der Waals surface area contributed by atoms with Crippen molar-refractivity contribution in [3.05, 3.63) is 0 Å². The van der Waals surface area contributed by atoms with Crippen LogP contribution in [0.15, 0.2) is 0 Å². The van der Waals surface area contributed by atoms with Crippen molar-refractivity contribution >= 4 is 0 Å². The van der Waals surface area contributed by atoms with Crippen LogP contribution in [0.1, 0.15) is 6.42 Å². The zero-order valence-electron chi connectivity index (χ0n) is 8.86. The Labute approximate surface area is 86.4 Å². The van der Waals surface area contributed by atoms with E-state index >= 15 is 0 Å². The molecule has 14 heavy (non-hydrogen) atoms. The van der Waals surface area contributed by atoms with Gasteiger partial charge in [0.1, 0.15) is 0 Å². The highest BCUT2D eigenvalue weighted by molar-refractivity contribution is 4.56. The van der Waals surface area contributed by atoms with Crippen LogP contribution in [0.5, 0.6) is 0 Å². The van der Waals surface area contributed by atoms with Crippen LogP contribution in [0, 0.1) is 0 Å².